The average Bonchev–Trinajstić information content (AvgIpc) is 2.85. The van der Waals surface area contributed by atoms with Gasteiger partial charge in [-0.15, -0.1) is 0 Å². The minimum absolute atomic E-state index is 0.117. The van der Waals surface area contributed by atoms with Gasteiger partial charge >= 0.3 is 6.03 Å². The Morgan fingerprint density at radius 3 is 2.56 bits per heavy atom. The fraction of sp³-hybridized carbons (Fsp3) is 0.308. The lowest BCUT2D eigenvalue weighted by Gasteiger charge is -2.32. The fourth-order valence-corrected chi connectivity index (χ4v) is 3.96. The van der Waals surface area contributed by atoms with Gasteiger partial charge in [0, 0.05) is 50.2 Å². The predicted octanol–water partition coefficient (Wildman–Crippen LogP) is 4.09. The molecule has 32 heavy (non-hydrogen) atoms. The molecular weight excluding hydrogens is 400 g/mol. The number of aromatic nitrogens is 1. The number of carbonyl (C=O) groups is 1. The standard InChI is InChI=1S/C26H30N4O2/c31-26(28-20-21-7-6-14-27-19-21)29-23-12-15-30(16-13-23)17-18-32-25-11-5-4-10-24(25)22-8-2-1-3-9-22/h1-11,14,19,23H,12-13,15-18,20H2,(H2,28,29,31). The van der Waals surface area contributed by atoms with E-state index in [1.165, 1.54) is 0 Å². The largest absolute Gasteiger partial charge is 0.492 e. The molecular formula is C26H30N4O2. The van der Waals surface area contributed by atoms with Crippen molar-refractivity contribution in [3.63, 3.8) is 0 Å². The molecule has 2 amide bonds. The number of piperidine rings is 1. The number of ether oxygens (including phenoxy) is 1. The van der Waals surface area contributed by atoms with Gasteiger partial charge in [-0.05, 0) is 36.1 Å². The number of hydrogen-bond donors (Lipinski definition) is 2. The number of amides is 2. The van der Waals surface area contributed by atoms with Crippen LogP contribution in [-0.2, 0) is 6.54 Å². The average molecular weight is 431 g/mol. The van der Waals surface area contributed by atoms with Crippen molar-refractivity contribution in [3.05, 3.63) is 84.7 Å². The van der Waals surface area contributed by atoms with Gasteiger partial charge in [0.05, 0.1) is 0 Å². The molecule has 6 nitrogen and oxygen atoms in total. The van der Waals surface area contributed by atoms with Crippen LogP contribution in [0.15, 0.2) is 79.1 Å². The highest BCUT2D eigenvalue weighted by atomic mass is 16.5. The van der Waals surface area contributed by atoms with Crippen molar-refractivity contribution in [2.45, 2.75) is 25.4 Å². The summed E-state index contributed by atoms with van der Waals surface area (Å²) in [6.45, 7) is 3.92. The molecule has 2 heterocycles. The van der Waals surface area contributed by atoms with E-state index in [0.717, 1.165) is 54.9 Å². The van der Waals surface area contributed by atoms with Crippen LogP contribution in [0.3, 0.4) is 0 Å². The molecule has 166 valence electrons. The molecule has 2 N–H and O–H groups in total. The molecule has 1 aromatic heterocycles. The van der Waals surface area contributed by atoms with Gasteiger partial charge in [-0.3, -0.25) is 9.88 Å². The third-order valence-electron chi connectivity index (χ3n) is 5.74. The first-order valence-corrected chi connectivity index (χ1v) is 11.2. The molecule has 0 spiro atoms. The summed E-state index contributed by atoms with van der Waals surface area (Å²) < 4.78 is 6.13. The van der Waals surface area contributed by atoms with Gasteiger partial charge in [0.2, 0.25) is 0 Å². The monoisotopic (exact) mass is 430 g/mol. The van der Waals surface area contributed by atoms with Crippen molar-refractivity contribution < 1.29 is 9.53 Å². The normalized spacial score (nSPS) is 14.6. The lowest BCUT2D eigenvalue weighted by molar-refractivity contribution is 0.164. The highest BCUT2D eigenvalue weighted by molar-refractivity contribution is 5.74. The summed E-state index contributed by atoms with van der Waals surface area (Å²) >= 11 is 0. The van der Waals surface area contributed by atoms with Gasteiger partial charge in [-0.2, -0.15) is 0 Å². The Morgan fingerprint density at radius 1 is 1.00 bits per heavy atom. The number of rotatable bonds is 8. The number of likely N-dealkylation sites (tertiary alicyclic amines) is 1. The van der Waals surface area contributed by atoms with E-state index in [1.54, 1.807) is 12.4 Å². The number of pyridine rings is 1. The minimum Gasteiger partial charge on any atom is -0.492 e. The first-order chi connectivity index (χ1) is 15.8. The molecule has 2 aromatic carbocycles. The van der Waals surface area contributed by atoms with Gasteiger partial charge in [0.15, 0.2) is 0 Å². The lowest BCUT2D eigenvalue weighted by atomic mass is 10.0. The predicted molar refractivity (Wildman–Crippen MR) is 126 cm³/mol. The summed E-state index contributed by atoms with van der Waals surface area (Å²) in [4.78, 5) is 18.6. The molecule has 0 radical (unpaired) electrons. The summed E-state index contributed by atoms with van der Waals surface area (Å²) in [6, 6.07) is 22.4. The van der Waals surface area contributed by atoms with Crippen LogP contribution in [0, 0.1) is 0 Å². The fourth-order valence-electron chi connectivity index (χ4n) is 3.96. The van der Waals surface area contributed by atoms with E-state index in [1.807, 2.05) is 48.5 Å². The van der Waals surface area contributed by atoms with E-state index in [0.29, 0.717) is 13.2 Å². The first kappa shape index (κ1) is 21.8. The first-order valence-electron chi connectivity index (χ1n) is 11.2. The van der Waals surface area contributed by atoms with Crippen LogP contribution in [0.4, 0.5) is 4.79 Å². The number of para-hydroxylation sites is 1. The van der Waals surface area contributed by atoms with Crippen LogP contribution in [0.5, 0.6) is 5.75 Å². The van der Waals surface area contributed by atoms with Crippen LogP contribution in [0.1, 0.15) is 18.4 Å². The van der Waals surface area contributed by atoms with Crippen molar-refractivity contribution in [2.24, 2.45) is 0 Å². The van der Waals surface area contributed by atoms with Crippen LogP contribution < -0.4 is 15.4 Å². The second-order valence-corrected chi connectivity index (χ2v) is 8.01. The molecule has 0 atom stereocenters. The van der Waals surface area contributed by atoms with Crippen LogP contribution in [-0.4, -0.2) is 48.2 Å². The number of nitrogens with one attached hydrogen (secondary N) is 2. The summed E-state index contributed by atoms with van der Waals surface area (Å²) in [5.74, 6) is 0.917. The lowest BCUT2D eigenvalue weighted by Crippen LogP contribution is -2.48. The Hall–Kier alpha value is -3.38. The van der Waals surface area contributed by atoms with Crippen molar-refractivity contribution >= 4 is 6.03 Å². The van der Waals surface area contributed by atoms with Crippen LogP contribution >= 0.6 is 0 Å². The van der Waals surface area contributed by atoms with E-state index in [2.05, 4.69) is 38.7 Å². The van der Waals surface area contributed by atoms with Gasteiger partial charge in [-0.25, -0.2) is 4.79 Å². The molecule has 1 fully saturated rings. The number of benzene rings is 2. The molecule has 3 aromatic rings. The highest BCUT2D eigenvalue weighted by Crippen LogP contribution is 2.29. The highest BCUT2D eigenvalue weighted by Gasteiger charge is 2.20. The second-order valence-electron chi connectivity index (χ2n) is 8.01. The van der Waals surface area contributed by atoms with E-state index in [9.17, 15) is 4.79 Å². The minimum atomic E-state index is -0.117. The Morgan fingerprint density at radius 2 is 1.78 bits per heavy atom. The van der Waals surface area contributed by atoms with Crippen molar-refractivity contribution in [1.82, 2.24) is 20.5 Å². The maximum absolute atomic E-state index is 12.2. The smallest absolute Gasteiger partial charge is 0.315 e. The zero-order chi connectivity index (χ0) is 22.0. The van der Waals surface area contributed by atoms with Crippen molar-refractivity contribution in [3.8, 4) is 16.9 Å². The second kappa shape index (κ2) is 11.3. The molecule has 1 aliphatic heterocycles. The maximum atomic E-state index is 12.2. The van der Waals surface area contributed by atoms with Gasteiger partial charge < -0.3 is 15.4 Å². The number of hydrogen-bond acceptors (Lipinski definition) is 4. The van der Waals surface area contributed by atoms with Crippen molar-refractivity contribution in [2.75, 3.05) is 26.2 Å². The topological polar surface area (TPSA) is 66.5 Å². The maximum Gasteiger partial charge on any atom is 0.315 e. The molecule has 0 aliphatic carbocycles. The molecule has 0 unspecified atom stereocenters. The quantitative estimate of drug-likeness (QED) is 0.565. The van der Waals surface area contributed by atoms with Crippen molar-refractivity contribution in [1.29, 1.82) is 0 Å². The Bertz CT molecular complexity index is 973. The summed E-state index contributed by atoms with van der Waals surface area (Å²) in [5, 5.41) is 5.99. The summed E-state index contributed by atoms with van der Waals surface area (Å²) in [6.07, 6.45) is 5.38. The van der Waals surface area contributed by atoms with E-state index in [-0.39, 0.29) is 12.1 Å². The van der Waals surface area contributed by atoms with Crippen LogP contribution in [0.25, 0.3) is 11.1 Å². The third kappa shape index (κ3) is 6.31. The summed E-state index contributed by atoms with van der Waals surface area (Å²) in [7, 11) is 0. The number of carbonyl (C=O) groups excluding carboxylic acids is 1. The molecule has 1 aliphatic rings. The Kier molecular flexibility index (Phi) is 7.71. The van der Waals surface area contributed by atoms with E-state index in [4.69, 9.17) is 4.74 Å². The zero-order valence-corrected chi connectivity index (χ0v) is 18.2. The van der Waals surface area contributed by atoms with Gasteiger partial charge in [-0.1, -0.05) is 54.6 Å². The molecule has 4 rings (SSSR count). The van der Waals surface area contributed by atoms with Gasteiger partial charge in [0.1, 0.15) is 12.4 Å². The molecule has 1 saturated heterocycles. The van der Waals surface area contributed by atoms with E-state index < -0.39 is 0 Å². The Balaban J connectivity index is 1.17. The Labute approximate surface area is 189 Å². The summed E-state index contributed by atoms with van der Waals surface area (Å²) in [5.41, 5.74) is 3.27. The molecule has 0 saturated carbocycles. The SMILES string of the molecule is O=C(NCc1cccnc1)NC1CCN(CCOc2ccccc2-c2ccccc2)CC1. The zero-order valence-electron chi connectivity index (χ0n) is 18.2. The third-order valence-corrected chi connectivity index (χ3v) is 5.74. The molecule has 0 bridgehead atoms. The molecule has 6 heteroatoms. The van der Waals surface area contributed by atoms with Crippen LogP contribution in [0.2, 0.25) is 0 Å². The number of nitrogens with zero attached hydrogens (tertiary/aromatic N) is 2. The number of urea groups is 1. The van der Waals surface area contributed by atoms with E-state index >= 15 is 0 Å². The van der Waals surface area contributed by atoms with Gasteiger partial charge in [0.25, 0.3) is 0 Å².